The third-order valence-corrected chi connectivity index (χ3v) is 3.74. The second-order valence-corrected chi connectivity index (χ2v) is 5.10. The van der Waals surface area contributed by atoms with E-state index in [2.05, 4.69) is 29.6 Å². The van der Waals surface area contributed by atoms with Crippen molar-refractivity contribution < 1.29 is 8.94 Å². The van der Waals surface area contributed by atoms with Crippen molar-refractivity contribution in [3.8, 4) is 0 Å². The number of alkyl halides is 1. The van der Waals surface area contributed by atoms with Gasteiger partial charge in [0.25, 0.3) is 0 Å². The molecular formula is C13H18FNOS. The van der Waals surface area contributed by atoms with E-state index in [1.165, 1.54) is 11.1 Å². The largest absolute Gasteiger partial charge is 0.330 e. The van der Waals surface area contributed by atoms with Gasteiger partial charge in [0.15, 0.2) is 0 Å². The molecule has 17 heavy (non-hydrogen) atoms. The standard InChI is InChI=1S/C13H18FNOS/c14-12(9-17-16)8-15-13-6-5-10-3-1-2-4-11(10)7-13/h1-4,12-13,15-16H,5-9H2. The third kappa shape index (κ3) is 3.69. The Labute approximate surface area is 106 Å². The molecule has 0 aromatic heterocycles. The van der Waals surface area contributed by atoms with Gasteiger partial charge in [0.2, 0.25) is 0 Å². The number of halogens is 1. The Morgan fingerprint density at radius 1 is 1.41 bits per heavy atom. The summed E-state index contributed by atoms with van der Waals surface area (Å²) in [5, 5.41) is 3.25. The van der Waals surface area contributed by atoms with Gasteiger partial charge in [-0.1, -0.05) is 24.3 Å². The molecule has 2 N–H and O–H groups in total. The van der Waals surface area contributed by atoms with Gasteiger partial charge in [-0.05, 0) is 42.4 Å². The fourth-order valence-electron chi connectivity index (χ4n) is 2.31. The van der Waals surface area contributed by atoms with Crippen LogP contribution in [0.15, 0.2) is 24.3 Å². The minimum atomic E-state index is -0.970. The molecule has 0 heterocycles. The molecule has 0 bridgehead atoms. The number of hydrogen-bond donors (Lipinski definition) is 2. The lowest BCUT2D eigenvalue weighted by Crippen LogP contribution is -2.38. The highest BCUT2D eigenvalue weighted by molar-refractivity contribution is 7.93. The molecule has 0 radical (unpaired) electrons. The van der Waals surface area contributed by atoms with E-state index < -0.39 is 6.17 Å². The highest BCUT2D eigenvalue weighted by atomic mass is 32.2. The van der Waals surface area contributed by atoms with Gasteiger partial charge >= 0.3 is 0 Å². The Morgan fingerprint density at radius 2 is 2.18 bits per heavy atom. The lowest BCUT2D eigenvalue weighted by atomic mass is 9.88. The molecule has 1 aromatic carbocycles. The summed E-state index contributed by atoms with van der Waals surface area (Å²) in [6, 6.07) is 8.82. The molecule has 0 amide bonds. The third-order valence-electron chi connectivity index (χ3n) is 3.23. The van der Waals surface area contributed by atoms with Crippen LogP contribution in [0.2, 0.25) is 0 Å². The minimum Gasteiger partial charge on any atom is -0.330 e. The summed E-state index contributed by atoms with van der Waals surface area (Å²) < 4.78 is 21.8. The zero-order valence-corrected chi connectivity index (χ0v) is 10.5. The molecule has 1 aromatic rings. The zero-order chi connectivity index (χ0) is 12.1. The second kappa shape index (κ2) is 6.38. The average molecular weight is 255 g/mol. The Bertz CT molecular complexity index is 361. The van der Waals surface area contributed by atoms with Gasteiger partial charge in [-0.2, -0.15) is 0 Å². The second-order valence-electron chi connectivity index (χ2n) is 4.51. The van der Waals surface area contributed by atoms with Crippen LogP contribution < -0.4 is 5.32 Å². The van der Waals surface area contributed by atoms with E-state index in [1.54, 1.807) is 0 Å². The molecule has 2 unspecified atom stereocenters. The number of nitrogens with one attached hydrogen (secondary N) is 1. The summed E-state index contributed by atoms with van der Waals surface area (Å²) in [6.45, 7) is 0.334. The topological polar surface area (TPSA) is 32.3 Å². The van der Waals surface area contributed by atoms with E-state index in [0.29, 0.717) is 24.6 Å². The average Bonchev–Trinajstić information content (AvgIpc) is 2.36. The van der Waals surface area contributed by atoms with Crippen LogP contribution in [0, 0.1) is 0 Å². The maximum absolute atomic E-state index is 13.2. The van der Waals surface area contributed by atoms with Crippen LogP contribution in [0.1, 0.15) is 17.5 Å². The molecule has 0 saturated carbocycles. The Kier molecular flexibility index (Phi) is 4.83. The van der Waals surface area contributed by atoms with Crippen LogP contribution in [0.3, 0.4) is 0 Å². The van der Waals surface area contributed by atoms with Crippen LogP contribution in [0.4, 0.5) is 4.39 Å². The normalized spacial score (nSPS) is 20.9. The molecule has 2 atom stereocenters. The smallest absolute Gasteiger partial charge is 0.124 e. The highest BCUT2D eigenvalue weighted by Crippen LogP contribution is 2.21. The van der Waals surface area contributed by atoms with E-state index in [0.717, 1.165) is 19.3 Å². The van der Waals surface area contributed by atoms with E-state index >= 15 is 0 Å². The molecule has 1 aliphatic carbocycles. The van der Waals surface area contributed by atoms with Crippen molar-refractivity contribution in [3.05, 3.63) is 35.4 Å². The Morgan fingerprint density at radius 3 is 2.94 bits per heavy atom. The summed E-state index contributed by atoms with van der Waals surface area (Å²) in [7, 11) is 0. The lowest BCUT2D eigenvalue weighted by molar-refractivity contribution is 0.323. The number of aryl methyl sites for hydroxylation is 1. The molecule has 0 saturated heterocycles. The first-order chi connectivity index (χ1) is 8.29. The van der Waals surface area contributed by atoms with E-state index in [-0.39, 0.29) is 5.75 Å². The fraction of sp³-hybridized carbons (Fsp3) is 0.538. The molecule has 2 rings (SSSR count). The molecule has 0 fully saturated rings. The maximum Gasteiger partial charge on any atom is 0.124 e. The Balaban J connectivity index is 1.82. The van der Waals surface area contributed by atoms with Crippen LogP contribution in [0.25, 0.3) is 0 Å². The number of fused-ring (bicyclic) bond motifs is 1. The van der Waals surface area contributed by atoms with Crippen LogP contribution in [0.5, 0.6) is 0 Å². The summed E-state index contributed by atoms with van der Waals surface area (Å²) in [4.78, 5) is 0. The molecule has 0 spiro atoms. The van der Waals surface area contributed by atoms with Crippen LogP contribution in [-0.4, -0.2) is 29.1 Å². The van der Waals surface area contributed by atoms with Crippen LogP contribution >= 0.6 is 12.0 Å². The molecular weight excluding hydrogens is 237 g/mol. The summed E-state index contributed by atoms with van der Waals surface area (Å²) in [6.07, 6.45) is 2.15. The molecule has 2 nitrogen and oxygen atoms in total. The number of hydrogen-bond acceptors (Lipinski definition) is 3. The predicted octanol–water partition coefficient (Wildman–Crippen LogP) is 2.68. The van der Waals surface area contributed by atoms with Crippen molar-refractivity contribution in [2.24, 2.45) is 0 Å². The predicted molar refractivity (Wildman–Crippen MR) is 70.2 cm³/mol. The van der Waals surface area contributed by atoms with Gasteiger partial charge in [-0.3, -0.25) is 0 Å². The summed E-state index contributed by atoms with van der Waals surface area (Å²) in [5.74, 6) is 0.149. The first-order valence-electron chi connectivity index (χ1n) is 6.00. The minimum absolute atomic E-state index is 0.149. The first-order valence-corrected chi connectivity index (χ1v) is 6.94. The van der Waals surface area contributed by atoms with Crippen molar-refractivity contribution in [2.75, 3.05) is 12.3 Å². The van der Waals surface area contributed by atoms with Gasteiger partial charge < -0.3 is 9.87 Å². The lowest BCUT2D eigenvalue weighted by Gasteiger charge is -2.26. The van der Waals surface area contributed by atoms with Crippen molar-refractivity contribution in [1.29, 1.82) is 0 Å². The Hall–Kier alpha value is -0.580. The number of benzene rings is 1. The summed E-state index contributed by atoms with van der Waals surface area (Å²) in [5.41, 5.74) is 2.80. The quantitative estimate of drug-likeness (QED) is 0.793. The van der Waals surface area contributed by atoms with E-state index in [9.17, 15) is 4.39 Å². The van der Waals surface area contributed by atoms with Crippen molar-refractivity contribution in [3.63, 3.8) is 0 Å². The maximum atomic E-state index is 13.2. The molecule has 1 aliphatic rings. The zero-order valence-electron chi connectivity index (χ0n) is 9.73. The van der Waals surface area contributed by atoms with Gasteiger partial charge in [0, 0.05) is 12.6 Å². The van der Waals surface area contributed by atoms with E-state index in [1.807, 2.05) is 0 Å². The van der Waals surface area contributed by atoms with Crippen molar-refractivity contribution in [1.82, 2.24) is 5.32 Å². The van der Waals surface area contributed by atoms with Gasteiger partial charge in [-0.15, -0.1) is 0 Å². The van der Waals surface area contributed by atoms with Crippen molar-refractivity contribution in [2.45, 2.75) is 31.5 Å². The highest BCUT2D eigenvalue weighted by Gasteiger charge is 2.18. The first kappa shape index (κ1) is 12.9. The van der Waals surface area contributed by atoms with Gasteiger partial charge in [-0.25, -0.2) is 4.39 Å². The van der Waals surface area contributed by atoms with Crippen LogP contribution in [-0.2, 0) is 12.8 Å². The van der Waals surface area contributed by atoms with Gasteiger partial charge in [0.1, 0.15) is 6.17 Å². The SMILES string of the molecule is OSCC(F)CNC1CCc2ccccc2C1. The van der Waals surface area contributed by atoms with Crippen molar-refractivity contribution >= 4 is 12.0 Å². The monoisotopic (exact) mass is 255 g/mol. The molecule has 94 valence electrons. The van der Waals surface area contributed by atoms with E-state index in [4.69, 9.17) is 4.55 Å². The molecule has 4 heteroatoms. The van der Waals surface area contributed by atoms with Gasteiger partial charge in [0.05, 0.1) is 5.75 Å². The summed E-state index contributed by atoms with van der Waals surface area (Å²) >= 11 is 0.570. The molecule has 0 aliphatic heterocycles. The fourth-order valence-corrected chi connectivity index (χ4v) is 2.59. The number of rotatable bonds is 5.